The minimum atomic E-state index is -1.32. The van der Waals surface area contributed by atoms with Crippen LogP contribution in [0, 0.1) is 17.5 Å². The van der Waals surface area contributed by atoms with E-state index in [9.17, 15) is 18.0 Å². The molecule has 1 N–H and O–H groups in total. The Morgan fingerprint density at radius 3 is 2.39 bits per heavy atom. The van der Waals surface area contributed by atoms with Crippen molar-refractivity contribution in [2.45, 2.75) is 0 Å². The molecule has 0 fully saturated rings. The maximum absolute atomic E-state index is 14.0. The normalized spacial score (nSPS) is 11.0. The molecule has 0 bridgehead atoms. The minimum Gasteiger partial charge on any atom is -0.478 e. The summed E-state index contributed by atoms with van der Waals surface area (Å²) in [5.41, 5.74) is -0.372. The molecule has 0 spiro atoms. The Bertz CT molecular complexity index is 960. The molecule has 0 aliphatic heterocycles. The van der Waals surface area contributed by atoms with Crippen molar-refractivity contribution >= 4 is 28.3 Å². The average molecular weight is 338 g/mol. The van der Waals surface area contributed by atoms with Crippen LogP contribution in [-0.4, -0.2) is 16.1 Å². The van der Waals surface area contributed by atoms with Gasteiger partial charge in [0.1, 0.15) is 5.82 Å². The van der Waals surface area contributed by atoms with Crippen LogP contribution in [0.25, 0.3) is 22.0 Å². The number of fused-ring (bicyclic) bond motifs is 1. The molecule has 7 heteroatoms. The standard InChI is InChI=1S/C16H7ClF3NO2/c17-11-6-21-15(10-4-13(19)14(20)5-12(10)18)9-3-7(16(22)23)1-2-8(9)11/h1-6H,(H,22,23). The first-order chi connectivity index (χ1) is 10.9. The zero-order valence-corrected chi connectivity index (χ0v) is 12.0. The van der Waals surface area contributed by atoms with E-state index in [1.165, 1.54) is 24.4 Å². The van der Waals surface area contributed by atoms with Gasteiger partial charge in [-0.1, -0.05) is 17.7 Å². The lowest BCUT2D eigenvalue weighted by molar-refractivity contribution is 0.0697. The van der Waals surface area contributed by atoms with Crippen LogP contribution >= 0.6 is 11.6 Å². The number of rotatable bonds is 2. The Hall–Kier alpha value is -2.60. The van der Waals surface area contributed by atoms with Gasteiger partial charge in [-0.05, 0) is 18.2 Å². The summed E-state index contributed by atoms with van der Waals surface area (Å²) in [7, 11) is 0. The van der Waals surface area contributed by atoms with Crippen molar-refractivity contribution in [3.05, 3.63) is 64.6 Å². The fraction of sp³-hybridized carbons (Fsp3) is 0. The van der Waals surface area contributed by atoms with Crippen molar-refractivity contribution in [2.24, 2.45) is 0 Å². The number of carboxylic acids is 1. The maximum Gasteiger partial charge on any atom is 0.335 e. The third kappa shape index (κ3) is 2.61. The number of halogens is 4. The van der Waals surface area contributed by atoms with E-state index in [4.69, 9.17) is 16.7 Å². The summed E-state index contributed by atoms with van der Waals surface area (Å²) >= 11 is 6.01. The van der Waals surface area contributed by atoms with Crippen molar-refractivity contribution in [3.8, 4) is 11.3 Å². The molecule has 0 aliphatic carbocycles. The van der Waals surface area contributed by atoms with Gasteiger partial charge in [-0.25, -0.2) is 18.0 Å². The second-order valence-corrected chi connectivity index (χ2v) is 5.17. The molecule has 0 saturated heterocycles. The van der Waals surface area contributed by atoms with E-state index < -0.39 is 23.4 Å². The minimum absolute atomic E-state index is 0.0242. The van der Waals surface area contributed by atoms with Crippen LogP contribution < -0.4 is 0 Å². The molecule has 0 radical (unpaired) electrons. The molecule has 3 rings (SSSR count). The van der Waals surface area contributed by atoms with Crippen molar-refractivity contribution in [1.29, 1.82) is 0 Å². The third-order valence-electron chi connectivity index (χ3n) is 3.35. The summed E-state index contributed by atoms with van der Waals surface area (Å²) < 4.78 is 40.5. The highest BCUT2D eigenvalue weighted by Gasteiger charge is 2.17. The monoisotopic (exact) mass is 337 g/mol. The fourth-order valence-electron chi connectivity index (χ4n) is 2.26. The first kappa shape index (κ1) is 15.3. The van der Waals surface area contributed by atoms with Crippen molar-refractivity contribution in [1.82, 2.24) is 4.98 Å². The van der Waals surface area contributed by atoms with E-state index in [1.54, 1.807) is 0 Å². The number of aromatic nitrogens is 1. The predicted octanol–water partition coefficient (Wildman–Crippen LogP) is 4.67. The van der Waals surface area contributed by atoms with Gasteiger partial charge in [0.25, 0.3) is 0 Å². The quantitative estimate of drug-likeness (QED) is 0.691. The number of carboxylic acid groups (broad SMARTS) is 1. The van der Waals surface area contributed by atoms with Gasteiger partial charge in [0, 0.05) is 28.6 Å². The van der Waals surface area contributed by atoms with Gasteiger partial charge in [-0.15, -0.1) is 0 Å². The topological polar surface area (TPSA) is 50.2 Å². The van der Waals surface area contributed by atoms with Crippen LogP contribution in [0.2, 0.25) is 5.02 Å². The van der Waals surface area contributed by atoms with E-state index in [0.717, 1.165) is 0 Å². The second-order valence-electron chi connectivity index (χ2n) is 4.77. The predicted molar refractivity (Wildman–Crippen MR) is 79.0 cm³/mol. The molecule has 3 aromatic rings. The number of carbonyl (C=O) groups is 1. The van der Waals surface area contributed by atoms with E-state index in [1.807, 2.05) is 0 Å². The number of pyridine rings is 1. The van der Waals surface area contributed by atoms with Crippen LogP contribution in [0.15, 0.2) is 36.5 Å². The highest BCUT2D eigenvalue weighted by Crippen LogP contribution is 2.33. The Labute approximate surface area is 133 Å². The van der Waals surface area contributed by atoms with Crippen molar-refractivity contribution < 1.29 is 23.1 Å². The summed E-state index contributed by atoms with van der Waals surface area (Å²) in [5.74, 6) is -4.76. The van der Waals surface area contributed by atoms with E-state index >= 15 is 0 Å². The summed E-state index contributed by atoms with van der Waals surface area (Å²) in [4.78, 5) is 15.1. The van der Waals surface area contributed by atoms with Gasteiger partial charge >= 0.3 is 5.97 Å². The Morgan fingerprint density at radius 1 is 1.00 bits per heavy atom. The molecule has 3 nitrogen and oxygen atoms in total. The Kier molecular flexibility index (Phi) is 3.69. The highest BCUT2D eigenvalue weighted by atomic mass is 35.5. The first-order valence-electron chi connectivity index (χ1n) is 6.35. The molecule has 23 heavy (non-hydrogen) atoms. The Morgan fingerprint density at radius 2 is 1.70 bits per heavy atom. The van der Waals surface area contributed by atoms with Crippen LogP contribution in [-0.2, 0) is 0 Å². The summed E-state index contributed by atoms with van der Waals surface area (Å²) in [6.07, 6.45) is 1.24. The number of hydrogen-bond acceptors (Lipinski definition) is 2. The SMILES string of the molecule is O=C(O)c1ccc2c(Cl)cnc(-c3cc(F)c(F)cc3F)c2c1. The van der Waals surface area contributed by atoms with Gasteiger partial charge in [-0.2, -0.15) is 0 Å². The molecule has 1 aromatic heterocycles. The van der Waals surface area contributed by atoms with Crippen LogP contribution in [0.5, 0.6) is 0 Å². The molecule has 1 heterocycles. The first-order valence-corrected chi connectivity index (χ1v) is 6.72. The molecule has 0 amide bonds. The number of nitrogens with zero attached hydrogens (tertiary/aromatic N) is 1. The maximum atomic E-state index is 14.0. The molecule has 0 saturated carbocycles. The van der Waals surface area contributed by atoms with Crippen LogP contribution in [0.4, 0.5) is 13.2 Å². The summed E-state index contributed by atoms with van der Waals surface area (Å²) in [6.45, 7) is 0. The molecule has 0 unspecified atom stereocenters. The molecular weight excluding hydrogens is 331 g/mol. The molecule has 116 valence electrons. The van der Waals surface area contributed by atoms with E-state index in [0.29, 0.717) is 17.5 Å². The van der Waals surface area contributed by atoms with Gasteiger partial charge in [0.15, 0.2) is 11.6 Å². The highest BCUT2D eigenvalue weighted by molar-refractivity contribution is 6.35. The van der Waals surface area contributed by atoms with Gasteiger partial charge in [0.2, 0.25) is 0 Å². The largest absolute Gasteiger partial charge is 0.478 e. The van der Waals surface area contributed by atoms with Crippen molar-refractivity contribution in [3.63, 3.8) is 0 Å². The average Bonchev–Trinajstić information content (AvgIpc) is 2.51. The molecule has 2 aromatic carbocycles. The van der Waals surface area contributed by atoms with E-state index in [2.05, 4.69) is 4.98 Å². The lowest BCUT2D eigenvalue weighted by atomic mass is 10.0. The number of aromatic carboxylic acids is 1. The van der Waals surface area contributed by atoms with Gasteiger partial charge < -0.3 is 5.11 Å². The molecule has 0 atom stereocenters. The van der Waals surface area contributed by atoms with Gasteiger partial charge in [0.05, 0.1) is 16.3 Å². The summed E-state index contributed by atoms with van der Waals surface area (Å²) in [5, 5.41) is 9.95. The fourth-order valence-corrected chi connectivity index (χ4v) is 2.47. The van der Waals surface area contributed by atoms with E-state index in [-0.39, 0.29) is 27.2 Å². The lowest BCUT2D eigenvalue weighted by Crippen LogP contribution is -1.98. The number of benzene rings is 2. The zero-order chi connectivity index (χ0) is 16.7. The smallest absolute Gasteiger partial charge is 0.335 e. The Balaban J connectivity index is 2.37. The molecule has 0 aliphatic rings. The van der Waals surface area contributed by atoms with Gasteiger partial charge in [-0.3, -0.25) is 4.98 Å². The van der Waals surface area contributed by atoms with Crippen LogP contribution in [0.3, 0.4) is 0 Å². The van der Waals surface area contributed by atoms with Crippen LogP contribution in [0.1, 0.15) is 10.4 Å². The third-order valence-corrected chi connectivity index (χ3v) is 3.65. The second kappa shape index (κ2) is 5.55. The number of hydrogen-bond donors (Lipinski definition) is 1. The molecular formula is C16H7ClF3NO2. The zero-order valence-electron chi connectivity index (χ0n) is 11.3. The summed E-state index contributed by atoms with van der Waals surface area (Å²) in [6, 6.07) is 5.13. The lowest BCUT2D eigenvalue weighted by Gasteiger charge is -2.10. The van der Waals surface area contributed by atoms with Crippen molar-refractivity contribution in [2.75, 3.05) is 0 Å².